The molecule has 0 heterocycles. The maximum absolute atomic E-state index is 5.14. The van der Waals surface area contributed by atoms with Crippen LogP contribution in [0, 0.1) is 12.8 Å². The average molecular weight is 414 g/mol. The number of methoxy groups -OCH3 is 1. The van der Waals surface area contributed by atoms with E-state index in [1.165, 1.54) is 0 Å². The summed E-state index contributed by atoms with van der Waals surface area (Å²) in [6, 6.07) is 0. The van der Waals surface area contributed by atoms with Crippen LogP contribution in [-0.4, -0.2) is 40.5 Å². The molecule has 2 radical (unpaired) electrons. The summed E-state index contributed by atoms with van der Waals surface area (Å²) >= 11 is 0. The topological polar surface area (TPSA) is 36.9 Å². The molecule has 0 spiro atoms. The van der Waals surface area contributed by atoms with Gasteiger partial charge in [-0.25, -0.2) is 0 Å². The van der Waals surface area contributed by atoms with E-state index in [0.29, 0.717) is 33.4 Å². The van der Waals surface area contributed by atoms with Gasteiger partial charge in [-0.2, -0.15) is 6.42 Å². The zero-order valence-electron chi connectivity index (χ0n) is 10.2. The third kappa shape index (κ3) is 30.8. The summed E-state index contributed by atoms with van der Waals surface area (Å²) in [6.07, 6.45) is 4.96. The van der Waals surface area contributed by atoms with Crippen LogP contribution in [0.5, 0.6) is 0 Å². The molecule has 0 aromatic carbocycles. The number of unbranched alkanes of at least 4 members (excludes halogenated alkanes) is 1. The van der Waals surface area contributed by atoms with Crippen molar-refractivity contribution in [1.29, 1.82) is 0 Å². The van der Waals surface area contributed by atoms with Gasteiger partial charge in [0.25, 0.3) is 0 Å². The van der Waals surface area contributed by atoms with Crippen LogP contribution in [0.4, 0.5) is 0 Å². The molecule has 0 atom stereocenters. The number of hydrogen-bond donors (Lipinski definition) is 0. The molecule has 0 fully saturated rings. The predicted octanol–water partition coefficient (Wildman–Crippen LogP) is 2.68. The number of rotatable bonds is 11. The van der Waals surface area contributed by atoms with E-state index in [2.05, 4.69) is 13.3 Å². The third-order valence-electron chi connectivity index (χ3n) is 1.36. The van der Waals surface area contributed by atoms with Gasteiger partial charge in [0.1, 0.15) is 13.6 Å². The van der Waals surface area contributed by atoms with Crippen molar-refractivity contribution in [1.82, 2.24) is 0 Å². The van der Waals surface area contributed by atoms with Gasteiger partial charge in [-0.1, -0.05) is 41.6 Å². The molecule has 0 unspecified atom stereocenters. The Morgan fingerprint density at radius 3 is 1.67 bits per heavy atom. The monoisotopic (exact) mass is 414 g/mol. The molecule has 0 aliphatic rings. The molecule has 108 valence electrons. The molecule has 0 N–H and O–H groups in total. The third-order valence-corrected chi connectivity index (χ3v) is 1.36. The predicted molar refractivity (Wildman–Crippen MR) is 67.0 cm³/mol. The molecule has 0 amide bonds. The standard InChI is InChI=1S/C10H20O4.2CH4.2Y/c1-3-4-6-13-10-14-8-5-7-12-9-11-2;;;;/h4-5H,3,6-10H2,1-2H3;2*1H4;;/q-2;;;;. The fourth-order valence-electron chi connectivity index (χ4n) is 0.703. The van der Waals surface area contributed by atoms with E-state index < -0.39 is 0 Å². The summed E-state index contributed by atoms with van der Waals surface area (Å²) in [5.74, 6) is 0. The molecular weight excluding hydrogens is 386 g/mol. The van der Waals surface area contributed by atoms with Gasteiger partial charge in [0.2, 0.25) is 0 Å². The van der Waals surface area contributed by atoms with Gasteiger partial charge in [-0.05, 0) is 0 Å². The Labute approximate surface area is 164 Å². The Hall–Kier alpha value is 2.05. The molecular formula is C12H28O4Y2-2. The zero-order valence-corrected chi connectivity index (χ0v) is 15.9. The minimum absolute atomic E-state index is 0. The van der Waals surface area contributed by atoms with E-state index in [1.807, 2.05) is 6.42 Å². The van der Waals surface area contributed by atoms with E-state index in [-0.39, 0.29) is 80.3 Å². The minimum Gasteiger partial charge on any atom is -0.387 e. The summed E-state index contributed by atoms with van der Waals surface area (Å²) in [4.78, 5) is 0. The molecule has 0 saturated carbocycles. The number of ether oxygens (including phenoxy) is 4. The zero-order chi connectivity index (χ0) is 10.5. The van der Waals surface area contributed by atoms with E-state index in [4.69, 9.17) is 18.9 Å². The smallest absolute Gasteiger partial charge is 0.142 e. The van der Waals surface area contributed by atoms with Crippen molar-refractivity contribution in [2.24, 2.45) is 0 Å². The van der Waals surface area contributed by atoms with Crippen molar-refractivity contribution in [2.45, 2.75) is 28.2 Å². The summed E-state index contributed by atoms with van der Waals surface area (Å²) in [5.41, 5.74) is 0. The largest absolute Gasteiger partial charge is 0.387 e. The molecule has 0 rings (SSSR count). The van der Waals surface area contributed by atoms with Crippen LogP contribution >= 0.6 is 0 Å². The molecule has 0 aliphatic carbocycles. The summed E-state index contributed by atoms with van der Waals surface area (Å²) in [6.45, 7) is 4.45. The normalized spacial score (nSPS) is 8.33. The van der Waals surface area contributed by atoms with Crippen molar-refractivity contribution in [3.8, 4) is 0 Å². The van der Waals surface area contributed by atoms with E-state index in [9.17, 15) is 0 Å². The van der Waals surface area contributed by atoms with Gasteiger partial charge in [-0.15, -0.1) is 0 Å². The van der Waals surface area contributed by atoms with Crippen molar-refractivity contribution < 1.29 is 84.4 Å². The van der Waals surface area contributed by atoms with Crippen LogP contribution < -0.4 is 0 Å². The molecule has 0 bridgehead atoms. The molecule has 4 nitrogen and oxygen atoms in total. The summed E-state index contributed by atoms with van der Waals surface area (Å²) in [7, 11) is 1.59. The quantitative estimate of drug-likeness (QED) is 0.296. The molecule has 0 aromatic heterocycles. The van der Waals surface area contributed by atoms with Crippen LogP contribution in [0.2, 0.25) is 0 Å². The number of hydrogen-bond acceptors (Lipinski definition) is 4. The second-order valence-electron chi connectivity index (χ2n) is 2.62. The van der Waals surface area contributed by atoms with Crippen LogP contribution in [0.25, 0.3) is 0 Å². The van der Waals surface area contributed by atoms with Crippen molar-refractivity contribution in [3.63, 3.8) is 0 Å². The van der Waals surface area contributed by atoms with Crippen LogP contribution in [0.3, 0.4) is 0 Å². The van der Waals surface area contributed by atoms with Gasteiger partial charge >= 0.3 is 0 Å². The second kappa shape index (κ2) is 31.4. The molecule has 6 heteroatoms. The molecule has 0 saturated heterocycles. The Bertz CT molecular complexity index is 96.1. The summed E-state index contributed by atoms with van der Waals surface area (Å²) < 4.78 is 20.0. The van der Waals surface area contributed by atoms with Gasteiger partial charge < -0.3 is 25.4 Å². The van der Waals surface area contributed by atoms with Crippen molar-refractivity contribution in [3.05, 3.63) is 12.8 Å². The van der Waals surface area contributed by atoms with Gasteiger partial charge in [0.05, 0.1) is 0 Å². The first-order valence-electron chi connectivity index (χ1n) is 4.77. The Kier molecular flexibility index (Phi) is 56.1. The van der Waals surface area contributed by atoms with E-state index in [0.717, 1.165) is 6.42 Å². The Morgan fingerprint density at radius 1 is 0.778 bits per heavy atom. The van der Waals surface area contributed by atoms with Crippen LogP contribution in [0.1, 0.15) is 28.2 Å². The first-order valence-corrected chi connectivity index (χ1v) is 4.77. The first-order chi connectivity index (χ1) is 6.91. The van der Waals surface area contributed by atoms with E-state index in [1.54, 1.807) is 7.11 Å². The fourth-order valence-corrected chi connectivity index (χ4v) is 0.703. The molecule has 18 heavy (non-hydrogen) atoms. The molecule has 0 aliphatic heterocycles. The first kappa shape index (κ1) is 32.1. The van der Waals surface area contributed by atoms with E-state index >= 15 is 0 Å². The minimum atomic E-state index is 0. The fraction of sp³-hybridized carbons (Fsp3) is 0.833. The van der Waals surface area contributed by atoms with Gasteiger partial charge in [0, 0.05) is 72.5 Å². The van der Waals surface area contributed by atoms with Crippen molar-refractivity contribution in [2.75, 3.05) is 40.5 Å². The van der Waals surface area contributed by atoms with Gasteiger partial charge in [0.15, 0.2) is 0 Å². The Morgan fingerprint density at radius 2 is 1.22 bits per heavy atom. The SMILES string of the molecule is C.C.CC[CH-]COCOC[CH-]COCOC.[Y].[Y]. The average Bonchev–Trinajstić information content (AvgIpc) is 2.21. The Balaban J connectivity index is -0.000000141. The maximum atomic E-state index is 5.14. The van der Waals surface area contributed by atoms with Crippen molar-refractivity contribution >= 4 is 0 Å². The second-order valence-corrected chi connectivity index (χ2v) is 2.62. The van der Waals surface area contributed by atoms with Gasteiger partial charge in [-0.3, -0.25) is 6.42 Å². The van der Waals surface area contributed by atoms with Crippen LogP contribution in [-0.2, 0) is 84.4 Å². The summed E-state index contributed by atoms with van der Waals surface area (Å²) in [5, 5.41) is 0. The maximum Gasteiger partial charge on any atom is 0.142 e. The van der Waals surface area contributed by atoms with Crippen LogP contribution in [0.15, 0.2) is 0 Å². The molecule has 0 aromatic rings.